The van der Waals surface area contributed by atoms with E-state index in [-0.39, 0.29) is 24.0 Å². The van der Waals surface area contributed by atoms with Gasteiger partial charge in [-0.2, -0.15) is 5.10 Å². The first kappa shape index (κ1) is 15.8. The van der Waals surface area contributed by atoms with Crippen LogP contribution in [0.5, 0.6) is 0 Å². The molecule has 7 heteroatoms. The summed E-state index contributed by atoms with van der Waals surface area (Å²) in [7, 11) is 1.87. The van der Waals surface area contributed by atoms with Crippen LogP contribution >= 0.6 is 0 Å². The van der Waals surface area contributed by atoms with Gasteiger partial charge in [-0.25, -0.2) is 0 Å². The van der Waals surface area contributed by atoms with Crippen molar-refractivity contribution in [1.29, 1.82) is 0 Å². The number of nitrogens with one attached hydrogen (secondary N) is 2. The van der Waals surface area contributed by atoms with Gasteiger partial charge in [0.05, 0.1) is 11.7 Å². The second kappa shape index (κ2) is 6.33. The molecule has 2 aromatic rings. The second-order valence-electron chi connectivity index (χ2n) is 6.46. The maximum atomic E-state index is 12.7. The number of aryl methyl sites for hydroxylation is 2. The van der Waals surface area contributed by atoms with Gasteiger partial charge in [0, 0.05) is 37.5 Å². The third-order valence-corrected chi connectivity index (χ3v) is 4.82. The van der Waals surface area contributed by atoms with Crippen LogP contribution in [0, 0.1) is 0 Å². The Balaban J connectivity index is 1.50. The van der Waals surface area contributed by atoms with Gasteiger partial charge in [-0.1, -0.05) is 0 Å². The Kier molecular flexibility index (Phi) is 4.01. The van der Waals surface area contributed by atoms with Crippen molar-refractivity contribution in [3.05, 3.63) is 47.3 Å². The molecule has 4 rings (SSSR count). The largest absolute Gasteiger partial charge is 0.370 e. The number of hydrogen-bond donors (Lipinski definition) is 2. The number of rotatable bonds is 3. The van der Waals surface area contributed by atoms with Crippen LogP contribution in [0.3, 0.4) is 0 Å². The van der Waals surface area contributed by atoms with Crippen molar-refractivity contribution in [3.63, 3.8) is 0 Å². The molecule has 2 amide bonds. The van der Waals surface area contributed by atoms with Crippen LogP contribution in [-0.4, -0.2) is 34.2 Å². The van der Waals surface area contributed by atoms with Crippen molar-refractivity contribution in [2.45, 2.75) is 31.4 Å². The fourth-order valence-electron chi connectivity index (χ4n) is 3.47. The summed E-state index contributed by atoms with van der Waals surface area (Å²) in [4.78, 5) is 24.1. The standard InChI is InChI=1S/C18H20N4O3/c1-22-15(6-8-19-22)17-14(7-9-25-17)21-18(24)12-2-4-13-11(10-12)3-5-16(23)20-13/h2,4,6,8,10,14,17H,3,5,7,9H2,1H3,(H,20,23)(H,21,24)/t14-,17-/m0/s1. The zero-order valence-electron chi connectivity index (χ0n) is 14.0. The van der Waals surface area contributed by atoms with Gasteiger partial charge in [0.15, 0.2) is 0 Å². The van der Waals surface area contributed by atoms with Gasteiger partial charge in [0.1, 0.15) is 6.10 Å². The highest BCUT2D eigenvalue weighted by molar-refractivity contribution is 5.98. The molecule has 2 aliphatic heterocycles. The summed E-state index contributed by atoms with van der Waals surface area (Å²) in [6, 6.07) is 7.23. The van der Waals surface area contributed by atoms with Gasteiger partial charge in [-0.3, -0.25) is 14.3 Å². The van der Waals surface area contributed by atoms with E-state index < -0.39 is 0 Å². The highest BCUT2D eigenvalue weighted by atomic mass is 16.5. The molecule has 1 fully saturated rings. The molecule has 1 saturated heterocycles. The Hall–Kier alpha value is -2.67. The number of carbonyl (C=O) groups excluding carboxylic acids is 2. The van der Waals surface area contributed by atoms with Crippen LogP contribution in [0.15, 0.2) is 30.5 Å². The van der Waals surface area contributed by atoms with Crippen molar-refractivity contribution in [1.82, 2.24) is 15.1 Å². The maximum Gasteiger partial charge on any atom is 0.251 e. The molecule has 2 aliphatic rings. The van der Waals surface area contributed by atoms with E-state index in [9.17, 15) is 9.59 Å². The topological polar surface area (TPSA) is 85.2 Å². The highest BCUT2D eigenvalue weighted by Gasteiger charge is 2.33. The van der Waals surface area contributed by atoms with E-state index in [0.29, 0.717) is 25.0 Å². The lowest BCUT2D eigenvalue weighted by Crippen LogP contribution is -2.37. The van der Waals surface area contributed by atoms with Crippen molar-refractivity contribution in [2.75, 3.05) is 11.9 Å². The highest BCUT2D eigenvalue weighted by Crippen LogP contribution is 2.29. The van der Waals surface area contributed by atoms with E-state index in [2.05, 4.69) is 15.7 Å². The van der Waals surface area contributed by atoms with Crippen LogP contribution in [0.2, 0.25) is 0 Å². The Morgan fingerprint density at radius 1 is 1.36 bits per heavy atom. The molecular formula is C18H20N4O3. The summed E-state index contributed by atoms with van der Waals surface area (Å²) in [5, 5.41) is 10.1. The minimum atomic E-state index is -0.187. The van der Waals surface area contributed by atoms with Gasteiger partial charge in [0.25, 0.3) is 5.91 Å². The van der Waals surface area contributed by atoms with E-state index >= 15 is 0 Å². The first-order chi connectivity index (χ1) is 12.1. The van der Waals surface area contributed by atoms with Gasteiger partial charge in [0.2, 0.25) is 5.91 Å². The summed E-state index contributed by atoms with van der Waals surface area (Å²) < 4.78 is 7.58. The third-order valence-electron chi connectivity index (χ3n) is 4.82. The Bertz CT molecular complexity index is 829. The molecule has 1 aromatic carbocycles. The summed E-state index contributed by atoms with van der Waals surface area (Å²) in [5.41, 5.74) is 3.35. The second-order valence-corrected chi connectivity index (χ2v) is 6.46. The zero-order chi connectivity index (χ0) is 17.4. The minimum Gasteiger partial charge on any atom is -0.370 e. The maximum absolute atomic E-state index is 12.7. The van der Waals surface area contributed by atoms with Crippen LogP contribution in [0.1, 0.15) is 40.6 Å². The van der Waals surface area contributed by atoms with Crippen molar-refractivity contribution >= 4 is 17.5 Å². The molecule has 2 N–H and O–H groups in total. The van der Waals surface area contributed by atoms with Crippen LogP contribution < -0.4 is 10.6 Å². The normalized spacial score (nSPS) is 22.4. The number of carbonyl (C=O) groups is 2. The van der Waals surface area contributed by atoms with Gasteiger partial charge >= 0.3 is 0 Å². The molecule has 0 radical (unpaired) electrons. The average molecular weight is 340 g/mol. The summed E-state index contributed by atoms with van der Waals surface area (Å²) in [6.45, 7) is 0.608. The van der Waals surface area contributed by atoms with E-state index in [1.54, 1.807) is 23.0 Å². The molecular weight excluding hydrogens is 320 g/mol. The SMILES string of the molecule is Cn1nccc1[C@H]1OCC[C@@H]1NC(=O)c1ccc2c(c1)CCC(=O)N2. The monoisotopic (exact) mass is 340 g/mol. The van der Waals surface area contributed by atoms with E-state index in [1.165, 1.54) is 0 Å². The lowest BCUT2D eigenvalue weighted by atomic mass is 9.99. The lowest BCUT2D eigenvalue weighted by molar-refractivity contribution is -0.116. The van der Waals surface area contributed by atoms with E-state index in [0.717, 1.165) is 23.4 Å². The summed E-state index contributed by atoms with van der Waals surface area (Å²) in [5.74, 6) is -0.103. The number of fused-ring (bicyclic) bond motifs is 1. The molecule has 2 atom stereocenters. The number of anilines is 1. The number of nitrogens with zero attached hydrogens (tertiary/aromatic N) is 2. The van der Waals surface area contributed by atoms with Crippen LogP contribution in [0.4, 0.5) is 5.69 Å². The zero-order valence-corrected chi connectivity index (χ0v) is 14.0. The first-order valence-electron chi connectivity index (χ1n) is 8.45. The molecule has 25 heavy (non-hydrogen) atoms. The fourth-order valence-corrected chi connectivity index (χ4v) is 3.47. The Labute approximate surface area is 145 Å². The molecule has 7 nitrogen and oxygen atoms in total. The average Bonchev–Trinajstić information content (AvgIpc) is 3.22. The van der Waals surface area contributed by atoms with Crippen molar-refractivity contribution < 1.29 is 14.3 Å². The predicted octanol–water partition coefficient (Wildman–Crippen LogP) is 1.56. The third kappa shape index (κ3) is 3.02. The number of aromatic nitrogens is 2. The van der Waals surface area contributed by atoms with Crippen LogP contribution in [-0.2, 0) is 23.0 Å². The van der Waals surface area contributed by atoms with Crippen molar-refractivity contribution in [3.8, 4) is 0 Å². The molecule has 3 heterocycles. The lowest BCUT2D eigenvalue weighted by Gasteiger charge is -2.21. The number of ether oxygens (including phenoxy) is 1. The predicted molar refractivity (Wildman–Crippen MR) is 91.2 cm³/mol. The molecule has 0 aliphatic carbocycles. The van der Waals surface area contributed by atoms with Crippen LogP contribution in [0.25, 0.3) is 0 Å². The van der Waals surface area contributed by atoms with Gasteiger partial charge in [-0.05, 0) is 42.7 Å². The van der Waals surface area contributed by atoms with E-state index in [4.69, 9.17) is 4.74 Å². The first-order valence-corrected chi connectivity index (χ1v) is 8.45. The van der Waals surface area contributed by atoms with E-state index in [1.807, 2.05) is 19.2 Å². The summed E-state index contributed by atoms with van der Waals surface area (Å²) >= 11 is 0. The number of hydrogen-bond acceptors (Lipinski definition) is 4. The molecule has 0 bridgehead atoms. The van der Waals surface area contributed by atoms with Gasteiger partial charge < -0.3 is 15.4 Å². The Morgan fingerprint density at radius 2 is 2.24 bits per heavy atom. The molecule has 1 aromatic heterocycles. The van der Waals surface area contributed by atoms with Crippen molar-refractivity contribution in [2.24, 2.45) is 7.05 Å². The summed E-state index contributed by atoms with van der Waals surface area (Å²) in [6.07, 6.45) is 3.42. The Morgan fingerprint density at radius 3 is 3.04 bits per heavy atom. The molecule has 0 saturated carbocycles. The smallest absolute Gasteiger partial charge is 0.251 e. The quantitative estimate of drug-likeness (QED) is 0.888. The fraction of sp³-hybridized carbons (Fsp3) is 0.389. The molecule has 0 spiro atoms. The molecule has 0 unspecified atom stereocenters. The van der Waals surface area contributed by atoms with Gasteiger partial charge in [-0.15, -0.1) is 0 Å². The number of amides is 2. The number of benzene rings is 1. The molecule has 130 valence electrons. The minimum absolute atomic E-state index is 0.0202.